The van der Waals surface area contributed by atoms with Crippen LogP contribution in [0.15, 0.2) is 46.4 Å². The molecule has 2 heteroatoms. The molecule has 0 bridgehead atoms. The first kappa shape index (κ1) is 30.0. The Labute approximate surface area is 222 Å². The van der Waals surface area contributed by atoms with Crippen LogP contribution in [0.3, 0.4) is 0 Å². The minimum atomic E-state index is 0.993. The van der Waals surface area contributed by atoms with Gasteiger partial charge in [-0.15, -0.1) is 0 Å². The van der Waals surface area contributed by atoms with Gasteiger partial charge in [-0.1, -0.05) is 105 Å². The second-order valence-electron chi connectivity index (χ2n) is 10.4. The van der Waals surface area contributed by atoms with Gasteiger partial charge in [0.05, 0.1) is 17.1 Å². The number of benzene rings is 2. The van der Waals surface area contributed by atoms with Gasteiger partial charge in [-0.2, -0.15) is 0 Å². The summed E-state index contributed by atoms with van der Waals surface area (Å²) >= 11 is 0. The van der Waals surface area contributed by atoms with Gasteiger partial charge in [-0.05, 0) is 85.0 Å². The lowest BCUT2D eigenvalue weighted by Crippen LogP contribution is -2.01. The SMILES string of the molecule is CCCCCCCCC(/C=N/c1cc(CCC)cc(CCC)c1)=N\c1cc(CCC)cc(CCC)c1. The summed E-state index contributed by atoms with van der Waals surface area (Å²) in [5.41, 5.74) is 8.92. The molecule has 0 heterocycles. The van der Waals surface area contributed by atoms with Crippen molar-refractivity contribution in [1.29, 1.82) is 0 Å². The van der Waals surface area contributed by atoms with E-state index in [-0.39, 0.29) is 0 Å². The predicted molar refractivity (Wildman–Crippen MR) is 162 cm³/mol. The van der Waals surface area contributed by atoms with Crippen LogP contribution in [0.5, 0.6) is 0 Å². The smallest absolute Gasteiger partial charge is 0.0639 e. The van der Waals surface area contributed by atoms with Gasteiger partial charge in [0.15, 0.2) is 0 Å². The van der Waals surface area contributed by atoms with Crippen LogP contribution in [-0.4, -0.2) is 11.9 Å². The number of rotatable bonds is 18. The largest absolute Gasteiger partial charge is 0.255 e. The van der Waals surface area contributed by atoms with Crippen molar-refractivity contribution in [2.45, 2.75) is 131 Å². The van der Waals surface area contributed by atoms with Crippen LogP contribution in [0, 0.1) is 0 Å². The fourth-order valence-corrected chi connectivity index (χ4v) is 4.91. The molecule has 0 aliphatic rings. The third kappa shape index (κ3) is 11.7. The van der Waals surface area contributed by atoms with Crippen molar-refractivity contribution in [3.8, 4) is 0 Å². The summed E-state index contributed by atoms with van der Waals surface area (Å²) in [4.78, 5) is 10.2. The van der Waals surface area contributed by atoms with E-state index in [0.717, 1.165) is 62.0 Å². The van der Waals surface area contributed by atoms with Crippen molar-refractivity contribution in [2.24, 2.45) is 9.98 Å². The van der Waals surface area contributed by atoms with Gasteiger partial charge < -0.3 is 0 Å². The molecule has 36 heavy (non-hydrogen) atoms. The van der Waals surface area contributed by atoms with Gasteiger partial charge in [0.25, 0.3) is 0 Å². The van der Waals surface area contributed by atoms with E-state index in [9.17, 15) is 0 Å². The molecule has 0 fully saturated rings. The van der Waals surface area contributed by atoms with Crippen LogP contribution in [0.1, 0.15) is 128 Å². The molecule has 0 aromatic heterocycles. The fourth-order valence-electron chi connectivity index (χ4n) is 4.91. The highest BCUT2D eigenvalue weighted by Gasteiger charge is 2.05. The summed E-state index contributed by atoms with van der Waals surface area (Å²) < 4.78 is 0. The second kappa shape index (κ2) is 18.1. The topological polar surface area (TPSA) is 24.7 Å². The number of aliphatic imine (C=N–C) groups is 2. The van der Waals surface area contributed by atoms with Gasteiger partial charge in [0, 0.05) is 6.21 Å². The Balaban J connectivity index is 2.32. The zero-order valence-electron chi connectivity index (χ0n) is 24.0. The predicted octanol–water partition coefficient (Wildman–Crippen LogP) is 10.7. The molecule has 0 spiro atoms. The number of hydrogen-bond donors (Lipinski definition) is 0. The summed E-state index contributed by atoms with van der Waals surface area (Å²) in [6.45, 7) is 11.3. The highest BCUT2D eigenvalue weighted by Crippen LogP contribution is 2.23. The third-order valence-corrected chi connectivity index (χ3v) is 6.65. The maximum absolute atomic E-state index is 5.18. The van der Waals surface area contributed by atoms with Crippen molar-refractivity contribution < 1.29 is 0 Å². The van der Waals surface area contributed by atoms with Crippen LogP contribution < -0.4 is 0 Å². The van der Waals surface area contributed by atoms with Crippen LogP contribution in [0.4, 0.5) is 11.4 Å². The third-order valence-electron chi connectivity index (χ3n) is 6.65. The molecule has 198 valence electrons. The maximum atomic E-state index is 5.18. The van der Waals surface area contributed by atoms with Crippen molar-refractivity contribution in [1.82, 2.24) is 0 Å². The van der Waals surface area contributed by atoms with Crippen molar-refractivity contribution >= 4 is 23.3 Å². The Morgan fingerprint density at radius 1 is 0.528 bits per heavy atom. The quantitative estimate of drug-likeness (QED) is 0.147. The van der Waals surface area contributed by atoms with E-state index in [2.05, 4.69) is 77.2 Å². The van der Waals surface area contributed by atoms with E-state index in [1.165, 1.54) is 73.6 Å². The van der Waals surface area contributed by atoms with Gasteiger partial charge in [-0.3, -0.25) is 9.98 Å². The zero-order valence-corrected chi connectivity index (χ0v) is 24.0. The minimum Gasteiger partial charge on any atom is -0.255 e. The number of aryl methyl sites for hydroxylation is 4. The van der Waals surface area contributed by atoms with E-state index >= 15 is 0 Å². The first-order valence-electron chi connectivity index (χ1n) is 15.0. The van der Waals surface area contributed by atoms with Gasteiger partial charge in [0.2, 0.25) is 0 Å². The second-order valence-corrected chi connectivity index (χ2v) is 10.4. The molecule has 0 radical (unpaired) electrons. The standard InChI is InChI=1S/C34H52N2/c1-6-11-12-13-14-15-20-32(36-34-25-30(18-9-4)22-31(26-34)19-10-5)27-35-33-23-28(16-7-2)21-29(24-33)17-8-3/h21-27H,6-20H2,1-5H3/b35-27+,36-32+. The average Bonchev–Trinajstić information content (AvgIpc) is 2.85. The first-order chi connectivity index (χ1) is 17.6. The summed E-state index contributed by atoms with van der Waals surface area (Å²) in [6.07, 6.45) is 19.9. The van der Waals surface area contributed by atoms with E-state index in [0.29, 0.717) is 0 Å². The highest BCUT2D eigenvalue weighted by molar-refractivity contribution is 6.31. The van der Waals surface area contributed by atoms with E-state index in [1.807, 2.05) is 0 Å². The Kier molecular flexibility index (Phi) is 15.1. The summed E-state index contributed by atoms with van der Waals surface area (Å²) in [7, 11) is 0. The molecular weight excluding hydrogens is 436 g/mol. The molecule has 0 amide bonds. The first-order valence-corrected chi connectivity index (χ1v) is 15.0. The Hall–Kier alpha value is -2.22. The monoisotopic (exact) mass is 488 g/mol. The lowest BCUT2D eigenvalue weighted by molar-refractivity contribution is 0.616. The minimum absolute atomic E-state index is 0.993. The Morgan fingerprint density at radius 3 is 1.44 bits per heavy atom. The van der Waals surface area contributed by atoms with Crippen LogP contribution >= 0.6 is 0 Å². The zero-order chi connectivity index (χ0) is 26.0. The molecule has 0 aliphatic heterocycles. The van der Waals surface area contributed by atoms with Crippen molar-refractivity contribution in [3.63, 3.8) is 0 Å². The Bertz CT molecular complexity index is 890. The number of hydrogen-bond acceptors (Lipinski definition) is 2. The number of unbranched alkanes of at least 4 members (excludes halogenated alkanes) is 5. The Morgan fingerprint density at radius 2 is 0.972 bits per heavy atom. The molecule has 2 rings (SSSR count). The molecular formula is C34H52N2. The van der Waals surface area contributed by atoms with Crippen LogP contribution in [0.25, 0.3) is 0 Å². The summed E-state index contributed by atoms with van der Waals surface area (Å²) in [5, 5.41) is 0. The van der Waals surface area contributed by atoms with Crippen LogP contribution in [-0.2, 0) is 25.7 Å². The summed E-state index contributed by atoms with van der Waals surface area (Å²) in [6, 6.07) is 13.9. The summed E-state index contributed by atoms with van der Waals surface area (Å²) in [5.74, 6) is 0. The van der Waals surface area contributed by atoms with Crippen LogP contribution in [0.2, 0.25) is 0 Å². The molecule has 0 atom stereocenters. The van der Waals surface area contributed by atoms with E-state index in [1.54, 1.807) is 0 Å². The lowest BCUT2D eigenvalue weighted by atomic mass is 10.0. The average molecular weight is 489 g/mol. The van der Waals surface area contributed by atoms with E-state index < -0.39 is 0 Å². The molecule has 0 N–H and O–H groups in total. The van der Waals surface area contributed by atoms with Gasteiger partial charge in [-0.25, -0.2) is 0 Å². The normalized spacial score (nSPS) is 12.1. The van der Waals surface area contributed by atoms with Gasteiger partial charge >= 0.3 is 0 Å². The molecule has 2 nitrogen and oxygen atoms in total. The fraction of sp³-hybridized carbons (Fsp3) is 0.588. The van der Waals surface area contributed by atoms with E-state index in [4.69, 9.17) is 9.98 Å². The molecule has 0 saturated carbocycles. The maximum Gasteiger partial charge on any atom is 0.0639 e. The molecule has 2 aromatic rings. The lowest BCUT2D eigenvalue weighted by Gasteiger charge is -2.09. The van der Waals surface area contributed by atoms with Gasteiger partial charge in [0.1, 0.15) is 0 Å². The molecule has 2 aromatic carbocycles. The molecule has 0 aliphatic carbocycles. The van der Waals surface area contributed by atoms with Crippen molar-refractivity contribution in [3.05, 3.63) is 58.7 Å². The molecule has 0 saturated heterocycles. The number of nitrogens with zero attached hydrogens (tertiary/aromatic N) is 2. The molecule has 0 unspecified atom stereocenters. The van der Waals surface area contributed by atoms with Crippen molar-refractivity contribution in [2.75, 3.05) is 0 Å². The highest BCUT2D eigenvalue weighted by atomic mass is 14.8.